The van der Waals surface area contributed by atoms with Crippen LogP contribution in [0, 0.1) is 5.92 Å². The monoisotopic (exact) mass is 385 g/mol. The van der Waals surface area contributed by atoms with Crippen LogP contribution in [0.3, 0.4) is 0 Å². The summed E-state index contributed by atoms with van der Waals surface area (Å²) in [5.41, 5.74) is 0.814. The molecule has 0 spiro atoms. The first-order valence-corrected chi connectivity index (χ1v) is 10.4. The Bertz CT molecular complexity index is 797. The topological polar surface area (TPSA) is 91.0 Å². The van der Waals surface area contributed by atoms with Crippen molar-refractivity contribution in [3.8, 4) is 0 Å². The van der Waals surface area contributed by atoms with Gasteiger partial charge in [0.25, 0.3) is 0 Å². The number of aromatic nitrogens is 3. The Balaban J connectivity index is 1.21. The van der Waals surface area contributed by atoms with Gasteiger partial charge in [-0.15, -0.1) is 5.10 Å². The number of aromatic amines is 1. The minimum absolute atomic E-state index is 0.0380. The molecule has 1 saturated carbocycles. The number of likely N-dealkylation sites (tertiary alicyclic amines) is 1. The zero-order chi connectivity index (χ0) is 18.6. The summed E-state index contributed by atoms with van der Waals surface area (Å²) in [6.07, 6.45) is 3.74. The number of carbonyl (C=O) groups is 2. The van der Waals surface area contributed by atoms with Crippen molar-refractivity contribution >= 4 is 29.3 Å². The molecule has 142 valence electrons. The third kappa shape index (κ3) is 4.68. The molecule has 2 fully saturated rings. The Morgan fingerprint density at radius 2 is 1.89 bits per heavy atom. The molecule has 2 aliphatic rings. The SMILES string of the molecule is O=C(Nc1ccccc1)C1CCN(C(=O)CSc2n[nH]c(C3CC3)n2)CC1. The first-order valence-electron chi connectivity index (χ1n) is 9.38. The molecule has 27 heavy (non-hydrogen) atoms. The van der Waals surface area contributed by atoms with E-state index in [4.69, 9.17) is 0 Å². The molecule has 2 amide bonds. The second-order valence-electron chi connectivity index (χ2n) is 7.08. The quantitative estimate of drug-likeness (QED) is 0.746. The summed E-state index contributed by atoms with van der Waals surface area (Å²) in [5.74, 6) is 1.88. The lowest BCUT2D eigenvalue weighted by atomic mass is 9.96. The Hall–Kier alpha value is -2.35. The normalized spacial score (nSPS) is 17.7. The fourth-order valence-electron chi connectivity index (χ4n) is 3.24. The van der Waals surface area contributed by atoms with E-state index in [-0.39, 0.29) is 17.7 Å². The van der Waals surface area contributed by atoms with E-state index >= 15 is 0 Å². The molecule has 1 aliphatic heterocycles. The number of anilines is 1. The summed E-state index contributed by atoms with van der Waals surface area (Å²) in [5, 5.41) is 10.7. The Morgan fingerprint density at radius 1 is 1.15 bits per heavy atom. The number of carbonyl (C=O) groups excluding carboxylic acids is 2. The number of thioether (sulfide) groups is 1. The third-order valence-corrected chi connectivity index (χ3v) is 5.86. The van der Waals surface area contributed by atoms with E-state index in [9.17, 15) is 9.59 Å². The first-order chi connectivity index (χ1) is 13.2. The molecule has 2 heterocycles. The molecule has 2 aromatic rings. The number of hydrogen-bond acceptors (Lipinski definition) is 5. The van der Waals surface area contributed by atoms with E-state index in [0.29, 0.717) is 42.8 Å². The smallest absolute Gasteiger partial charge is 0.233 e. The second-order valence-corrected chi connectivity index (χ2v) is 8.02. The Labute approximate surface area is 162 Å². The van der Waals surface area contributed by atoms with Gasteiger partial charge in [-0.05, 0) is 37.8 Å². The van der Waals surface area contributed by atoms with Gasteiger partial charge in [0.05, 0.1) is 5.75 Å². The van der Waals surface area contributed by atoms with Gasteiger partial charge in [0, 0.05) is 30.6 Å². The number of nitrogens with zero attached hydrogens (tertiary/aromatic N) is 3. The molecule has 1 aromatic carbocycles. The molecule has 0 radical (unpaired) electrons. The molecular weight excluding hydrogens is 362 g/mol. The predicted octanol–water partition coefficient (Wildman–Crippen LogP) is 2.65. The second kappa shape index (κ2) is 8.12. The molecule has 1 aliphatic carbocycles. The van der Waals surface area contributed by atoms with Crippen LogP contribution in [0.15, 0.2) is 35.5 Å². The van der Waals surface area contributed by atoms with Crippen LogP contribution in [0.4, 0.5) is 5.69 Å². The van der Waals surface area contributed by atoms with Gasteiger partial charge in [0.2, 0.25) is 17.0 Å². The maximum atomic E-state index is 12.4. The van der Waals surface area contributed by atoms with Crippen molar-refractivity contribution in [3.05, 3.63) is 36.2 Å². The van der Waals surface area contributed by atoms with E-state index in [1.165, 1.54) is 24.6 Å². The highest BCUT2D eigenvalue weighted by molar-refractivity contribution is 7.99. The van der Waals surface area contributed by atoms with Gasteiger partial charge in [0.1, 0.15) is 5.82 Å². The van der Waals surface area contributed by atoms with Crippen molar-refractivity contribution < 1.29 is 9.59 Å². The zero-order valence-electron chi connectivity index (χ0n) is 15.1. The molecule has 8 heteroatoms. The molecule has 0 unspecified atom stereocenters. The number of benzene rings is 1. The van der Waals surface area contributed by atoms with E-state index in [0.717, 1.165) is 11.5 Å². The minimum Gasteiger partial charge on any atom is -0.342 e. The summed E-state index contributed by atoms with van der Waals surface area (Å²) in [7, 11) is 0. The highest BCUT2D eigenvalue weighted by Crippen LogP contribution is 2.38. The summed E-state index contributed by atoms with van der Waals surface area (Å²) in [6.45, 7) is 1.24. The van der Waals surface area contributed by atoms with Gasteiger partial charge in [0.15, 0.2) is 0 Å². The van der Waals surface area contributed by atoms with Gasteiger partial charge in [-0.1, -0.05) is 30.0 Å². The Morgan fingerprint density at radius 3 is 2.59 bits per heavy atom. The fraction of sp³-hybridized carbons (Fsp3) is 0.474. The molecule has 1 saturated heterocycles. The highest BCUT2D eigenvalue weighted by Gasteiger charge is 2.29. The maximum Gasteiger partial charge on any atom is 0.233 e. The van der Waals surface area contributed by atoms with Crippen molar-refractivity contribution in [1.29, 1.82) is 0 Å². The van der Waals surface area contributed by atoms with E-state index in [2.05, 4.69) is 20.5 Å². The highest BCUT2D eigenvalue weighted by atomic mass is 32.2. The van der Waals surface area contributed by atoms with Crippen LogP contribution in [-0.2, 0) is 9.59 Å². The zero-order valence-corrected chi connectivity index (χ0v) is 15.9. The summed E-state index contributed by atoms with van der Waals surface area (Å²) < 4.78 is 0. The van der Waals surface area contributed by atoms with Crippen LogP contribution < -0.4 is 5.32 Å². The summed E-state index contributed by atoms with van der Waals surface area (Å²) >= 11 is 1.37. The average Bonchev–Trinajstić information content (AvgIpc) is 3.45. The lowest BCUT2D eigenvalue weighted by molar-refractivity contribution is -0.132. The number of piperidine rings is 1. The van der Waals surface area contributed by atoms with Gasteiger partial charge in [-0.3, -0.25) is 14.7 Å². The maximum absolute atomic E-state index is 12.4. The minimum atomic E-state index is -0.0454. The molecule has 2 N–H and O–H groups in total. The van der Waals surface area contributed by atoms with E-state index in [1.54, 1.807) is 0 Å². The van der Waals surface area contributed by atoms with Gasteiger partial charge in [-0.25, -0.2) is 4.98 Å². The number of amides is 2. The van der Waals surface area contributed by atoms with Crippen molar-refractivity contribution in [2.45, 2.75) is 36.8 Å². The molecule has 0 bridgehead atoms. The molecule has 7 nitrogen and oxygen atoms in total. The number of hydrogen-bond donors (Lipinski definition) is 2. The summed E-state index contributed by atoms with van der Waals surface area (Å²) in [6, 6.07) is 9.48. The van der Waals surface area contributed by atoms with Gasteiger partial charge < -0.3 is 10.2 Å². The molecule has 0 atom stereocenters. The van der Waals surface area contributed by atoms with Crippen LogP contribution in [0.1, 0.15) is 37.4 Å². The predicted molar refractivity (Wildman–Crippen MR) is 103 cm³/mol. The molecule has 4 rings (SSSR count). The van der Waals surface area contributed by atoms with Crippen LogP contribution in [0.25, 0.3) is 0 Å². The van der Waals surface area contributed by atoms with Crippen LogP contribution in [-0.4, -0.2) is 50.7 Å². The number of nitrogens with one attached hydrogen (secondary N) is 2. The Kier molecular flexibility index (Phi) is 5.42. The third-order valence-electron chi connectivity index (χ3n) is 5.03. The van der Waals surface area contributed by atoms with Crippen LogP contribution in [0.2, 0.25) is 0 Å². The van der Waals surface area contributed by atoms with Gasteiger partial charge >= 0.3 is 0 Å². The molecular formula is C19H23N5O2S. The van der Waals surface area contributed by atoms with Crippen molar-refractivity contribution in [2.24, 2.45) is 5.92 Å². The lowest BCUT2D eigenvalue weighted by Gasteiger charge is -2.31. The summed E-state index contributed by atoms with van der Waals surface area (Å²) in [4.78, 5) is 31.1. The van der Waals surface area contributed by atoms with E-state index < -0.39 is 0 Å². The largest absolute Gasteiger partial charge is 0.342 e. The first kappa shape index (κ1) is 18.0. The standard InChI is InChI=1S/C19H23N5O2S/c25-16(12-27-19-21-17(22-23-19)13-6-7-13)24-10-8-14(9-11-24)18(26)20-15-4-2-1-3-5-15/h1-5,13-14H,6-12H2,(H,20,26)(H,21,22,23). The van der Waals surface area contributed by atoms with Crippen LogP contribution >= 0.6 is 11.8 Å². The molecule has 1 aromatic heterocycles. The fourth-order valence-corrected chi connectivity index (χ4v) is 3.94. The van der Waals surface area contributed by atoms with Crippen molar-refractivity contribution in [3.63, 3.8) is 0 Å². The number of rotatable bonds is 6. The van der Waals surface area contributed by atoms with Crippen LogP contribution in [0.5, 0.6) is 0 Å². The lowest BCUT2D eigenvalue weighted by Crippen LogP contribution is -2.42. The average molecular weight is 385 g/mol. The van der Waals surface area contributed by atoms with Crippen molar-refractivity contribution in [1.82, 2.24) is 20.1 Å². The van der Waals surface area contributed by atoms with Crippen molar-refractivity contribution in [2.75, 3.05) is 24.2 Å². The number of para-hydroxylation sites is 1. The number of H-pyrrole nitrogens is 1. The van der Waals surface area contributed by atoms with Gasteiger partial charge in [-0.2, -0.15) is 0 Å². The van der Waals surface area contributed by atoms with E-state index in [1.807, 2.05) is 35.2 Å².